The van der Waals surface area contributed by atoms with Crippen LogP contribution in [0.15, 0.2) is 24.3 Å². The van der Waals surface area contributed by atoms with Crippen molar-refractivity contribution >= 4 is 27.5 Å². The normalized spacial score (nSPS) is 16.2. The van der Waals surface area contributed by atoms with Gasteiger partial charge in [-0.3, -0.25) is 0 Å². The van der Waals surface area contributed by atoms with Crippen molar-refractivity contribution in [2.75, 3.05) is 25.4 Å². The van der Waals surface area contributed by atoms with Gasteiger partial charge in [-0.15, -0.1) is 0 Å². The summed E-state index contributed by atoms with van der Waals surface area (Å²) in [5, 5.41) is 1.97. The van der Waals surface area contributed by atoms with Crippen molar-refractivity contribution in [2.45, 2.75) is 32.7 Å². The Morgan fingerprint density at radius 1 is 1.08 bits per heavy atom. The summed E-state index contributed by atoms with van der Waals surface area (Å²) in [4.78, 5) is 6.56. The fourth-order valence-corrected chi connectivity index (χ4v) is 3.95. The lowest BCUT2D eigenvalue weighted by atomic mass is 10.1. The summed E-state index contributed by atoms with van der Waals surface area (Å²) in [6.07, 6.45) is 3.91. The van der Waals surface area contributed by atoms with Gasteiger partial charge in [0, 0.05) is 35.6 Å². The van der Waals surface area contributed by atoms with E-state index >= 15 is 0 Å². The van der Waals surface area contributed by atoms with E-state index in [1.165, 1.54) is 38.4 Å². The molecule has 2 aromatic heterocycles. The summed E-state index contributed by atoms with van der Waals surface area (Å²) >= 11 is 0. The lowest BCUT2D eigenvalue weighted by Crippen LogP contribution is -2.32. The van der Waals surface area contributed by atoms with E-state index < -0.39 is 5.95 Å². The summed E-state index contributed by atoms with van der Waals surface area (Å²) in [5.74, 6) is -0.424. The molecule has 2 N–H and O–H groups in total. The number of nitrogens with zero attached hydrogens (tertiary/aromatic N) is 3. The fraction of sp³-hybridized carbons (Fsp3) is 0.421. The van der Waals surface area contributed by atoms with Crippen molar-refractivity contribution in [1.82, 2.24) is 14.5 Å². The van der Waals surface area contributed by atoms with Crippen LogP contribution in [-0.2, 0) is 6.54 Å². The van der Waals surface area contributed by atoms with Crippen LogP contribution in [0, 0.1) is 12.9 Å². The summed E-state index contributed by atoms with van der Waals surface area (Å²) in [7, 11) is 0. The maximum atomic E-state index is 13.8. The quantitative estimate of drug-likeness (QED) is 0.589. The third-order valence-electron chi connectivity index (χ3n) is 5.10. The molecule has 0 spiro atoms. The zero-order valence-corrected chi connectivity index (χ0v) is 14.1. The lowest BCUT2D eigenvalue weighted by molar-refractivity contribution is 0.222. The first-order valence-corrected chi connectivity index (χ1v) is 8.70. The molecule has 1 saturated heterocycles. The van der Waals surface area contributed by atoms with Gasteiger partial charge < -0.3 is 15.2 Å². The maximum absolute atomic E-state index is 13.8. The zero-order valence-electron chi connectivity index (χ0n) is 14.1. The fourth-order valence-electron chi connectivity index (χ4n) is 3.95. The van der Waals surface area contributed by atoms with Crippen molar-refractivity contribution < 1.29 is 4.39 Å². The van der Waals surface area contributed by atoms with Crippen LogP contribution in [0.3, 0.4) is 0 Å². The van der Waals surface area contributed by atoms with Gasteiger partial charge in [-0.05, 0) is 45.0 Å². The van der Waals surface area contributed by atoms with Crippen LogP contribution >= 0.6 is 0 Å². The van der Waals surface area contributed by atoms with Crippen LogP contribution in [-0.4, -0.2) is 34.1 Å². The Bertz CT molecular complexity index is 893. The number of hydrogen-bond donors (Lipinski definition) is 1. The number of benzene rings is 1. The molecule has 0 amide bonds. The number of fused-ring (bicyclic) bond motifs is 3. The van der Waals surface area contributed by atoms with Crippen LogP contribution in [0.1, 0.15) is 25.0 Å². The molecule has 1 aliphatic rings. The van der Waals surface area contributed by atoms with Crippen LogP contribution in [0.5, 0.6) is 0 Å². The van der Waals surface area contributed by atoms with Crippen LogP contribution < -0.4 is 5.73 Å². The van der Waals surface area contributed by atoms with Gasteiger partial charge in [0.15, 0.2) is 0 Å². The van der Waals surface area contributed by atoms with E-state index in [1.54, 1.807) is 0 Å². The van der Waals surface area contributed by atoms with E-state index in [4.69, 9.17) is 5.73 Å². The number of rotatable bonds is 3. The average molecular weight is 326 g/mol. The highest BCUT2D eigenvalue weighted by molar-refractivity contribution is 6.09. The molecule has 1 fully saturated rings. The number of anilines is 1. The smallest absolute Gasteiger partial charge is 0.213 e. The molecule has 3 heterocycles. The van der Waals surface area contributed by atoms with Crippen LogP contribution in [0.25, 0.3) is 21.8 Å². The standard InChI is InChI=1S/C19H23FN4/c1-13-19-16(12-18(20)22-13)15-6-5-14(21)11-17(15)24(19)10-9-23-7-3-2-4-8-23/h5-6,11-12H,2-4,7-10,21H2,1H3. The molecule has 1 aromatic carbocycles. The van der Waals surface area contributed by atoms with Crippen molar-refractivity contribution in [3.8, 4) is 0 Å². The van der Waals surface area contributed by atoms with Gasteiger partial charge in [0.1, 0.15) is 0 Å². The number of aromatic nitrogens is 2. The van der Waals surface area contributed by atoms with Gasteiger partial charge in [0.25, 0.3) is 0 Å². The third-order valence-corrected chi connectivity index (χ3v) is 5.10. The summed E-state index contributed by atoms with van der Waals surface area (Å²) in [5.41, 5.74) is 9.56. The molecular weight excluding hydrogens is 303 g/mol. The Hall–Kier alpha value is -2.14. The SMILES string of the molecule is Cc1nc(F)cc2c3ccc(N)cc3n(CCN3CCCCC3)c12. The first-order valence-electron chi connectivity index (χ1n) is 8.70. The molecule has 4 rings (SSSR count). The molecule has 0 saturated carbocycles. The highest BCUT2D eigenvalue weighted by atomic mass is 19.1. The van der Waals surface area contributed by atoms with E-state index in [1.807, 2.05) is 25.1 Å². The van der Waals surface area contributed by atoms with E-state index in [0.717, 1.165) is 46.3 Å². The largest absolute Gasteiger partial charge is 0.399 e. The number of nitrogen functional groups attached to an aromatic ring is 1. The first kappa shape index (κ1) is 15.4. The predicted octanol–water partition coefficient (Wildman–Crippen LogP) is 3.71. The number of likely N-dealkylation sites (tertiary alicyclic amines) is 1. The predicted molar refractivity (Wildman–Crippen MR) is 96.6 cm³/mol. The first-order chi connectivity index (χ1) is 11.6. The summed E-state index contributed by atoms with van der Waals surface area (Å²) < 4.78 is 16.1. The number of hydrogen-bond acceptors (Lipinski definition) is 3. The van der Waals surface area contributed by atoms with Crippen molar-refractivity contribution in [1.29, 1.82) is 0 Å². The van der Waals surface area contributed by atoms with Crippen molar-refractivity contribution in [3.63, 3.8) is 0 Å². The molecule has 24 heavy (non-hydrogen) atoms. The molecule has 0 aliphatic carbocycles. The van der Waals surface area contributed by atoms with Crippen molar-refractivity contribution in [2.24, 2.45) is 0 Å². The second-order valence-corrected chi connectivity index (χ2v) is 6.76. The molecule has 126 valence electrons. The van der Waals surface area contributed by atoms with E-state index in [9.17, 15) is 4.39 Å². The van der Waals surface area contributed by atoms with Crippen molar-refractivity contribution in [3.05, 3.63) is 35.9 Å². The molecule has 0 bridgehead atoms. The Morgan fingerprint density at radius 3 is 2.67 bits per heavy atom. The van der Waals surface area contributed by atoms with E-state index in [0.29, 0.717) is 0 Å². The number of aryl methyl sites for hydroxylation is 1. The summed E-state index contributed by atoms with van der Waals surface area (Å²) in [6, 6.07) is 7.40. The Morgan fingerprint density at radius 2 is 1.88 bits per heavy atom. The number of nitrogens with two attached hydrogens (primary N) is 1. The molecule has 4 nitrogen and oxygen atoms in total. The van der Waals surface area contributed by atoms with Gasteiger partial charge in [-0.25, -0.2) is 4.98 Å². The second kappa shape index (κ2) is 6.06. The Labute approximate surface area is 141 Å². The van der Waals surface area contributed by atoms with E-state index in [-0.39, 0.29) is 0 Å². The topological polar surface area (TPSA) is 47.1 Å². The van der Waals surface area contributed by atoms with Gasteiger partial charge in [-0.1, -0.05) is 12.5 Å². The van der Waals surface area contributed by atoms with Crippen LogP contribution in [0.4, 0.5) is 10.1 Å². The van der Waals surface area contributed by atoms with E-state index in [2.05, 4.69) is 14.5 Å². The average Bonchev–Trinajstić information content (AvgIpc) is 2.87. The molecule has 0 radical (unpaired) electrons. The molecule has 0 atom stereocenters. The number of pyridine rings is 1. The number of halogens is 1. The van der Waals surface area contributed by atoms with Gasteiger partial charge in [0.05, 0.1) is 16.7 Å². The molecule has 1 aliphatic heterocycles. The second-order valence-electron chi connectivity index (χ2n) is 6.76. The lowest BCUT2D eigenvalue weighted by Gasteiger charge is -2.26. The summed E-state index contributed by atoms with van der Waals surface area (Å²) in [6.45, 7) is 6.10. The molecule has 0 unspecified atom stereocenters. The highest BCUT2D eigenvalue weighted by Gasteiger charge is 2.16. The minimum absolute atomic E-state index is 0.424. The molecule has 5 heteroatoms. The number of piperidine rings is 1. The minimum atomic E-state index is -0.424. The van der Waals surface area contributed by atoms with Gasteiger partial charge in [-0.2, -0.15) is 4.39 Å². The molecule has 3 aromatic rings. The highest BCUT2D eigenvalue weighted by Crippen LogP contribution is 2.32. The Balaban J connectivity index is 1.82. The monoisotopic (exact) mass is 326 g/mol. The minimum Gasteiger partial charge on any atom is -0.399 e. The van der Waals surface area contributed by atoms with Gasteiger partial charge in [0.2, 0.25) is 5.95 Å². The van der Waals surface area contributed by atoms with Gasteiger partial charge >= 0.3 is 0 Å². The molecular formula is C19H23FN4. The third kappa shape index (κ3) is 2.63. The maximum Gasteiger partial charge on any atom is 0.213 e. The zero-order chi connectivity index (χ0) is 16.7. The van der Waals surface area contributed by atoms with Crippen LogP contribution in [0.2, 0.25) is 0 Å². The Kier molecular flexibility index (Phi) is 3.88.